The van der Waals surface area contributed by atoms with Gasteiger partial charge in [0.2, 0.25) is 5.91 Å². The molecule has 0 heterocycles. The lowest BCUT2D eigenvalue weighted by Gasteiger charge is -2.12. The minimum absolute atomic E-state index is 0.190. The minimum atomic E-state index is 0.190. The van der Waals surface area contributed by atoms with Gasteiger partial charge in [0.25, 0.3) is 0 Å². The Morgan fingerprint density at radius 3 is 2.79 bits per heavy atom. The third-order valence-corrected chi connectivity index (χ3v) is 3.47. The van der Waals surface area contributed by atoms with Crippen molar-refractivity contribution in [3.05, 3.63) is 0 Å². The number of alkyl halides is 1. The van der Waals surface area contributed by atoms with Crippen molar-refractivity contribution in [1.82, 2.24) is 5.32 Å². The Morgan fingerprint density at radius 1 is 1.50 bits per heavy atom. The first-order chi connectivity index (χ1) is 6.70. The van der Waals surface area contributed by atoms with Gasteiger partial charge >= 0.3 is 0 Å². The molecule has 1 N–H and O–H groups in total. The van der Waals surface area contributed by atoms with Crippen LogP contribution in [-0.2, 0) is 4.79 Å². The van der Waals surface area contributed by atoms with E-state index in [4.69, 9.17) is 0 Å². The summed E-state index contributed by atoms with van der Waals surface area (Å²) in [4.78, 5) is 11.4. The van der Waals surface area contributed by atoms with Gasteiger partial charge in [-0.1, -0.05) is 22.9 Å². The quantitative estimate of drug-likeness (QED) is 0.548. The molecular formula is C10H20BrNOS. The second-order valence-electron chi connectivity index (χ2n) is 3.27. The molecule has 0 spiro atoms. The molecule has 0 aromatic rings. The van der Waals surface area contributed by atoms with Crippen LogP contribution in [0.15, 0.2) is 0 Å². The summed E-state index contributed by atoms with van der Waals surface area (Å²) in [6.07, 6.45) is 2.71. The van der Waals surface area contributed by atoms with Gasteiger partial charge in [-0.05, 0) is 25.5 Å². The molecule has 0 fully saturated rings. The summed E-state index contributed by atoms with van der Waals surface area (Å²) >= 11 is 5.21. The second-order valence-corrected chi connectivity index (χ2v) is 5.39. The van der Waals surface area contributed by atoms with E-state index in [1.54, 1.807) is 0 Å². The van der Waals surface area contributed by atoms with Crippen LogP contribution in [0.1, 0.15) is 33.1 Å². The maximum absolute atomic E-state index is 11.4. The van der Waals surface area contributed by atoms with Crippen LogP contribution in [0.25, 0.3) is 0 Å². The molecule has 0 aliphatic rings. The van der Waals surface area contributed by atoms with Crippen LogP contribution < -0.4 is 5.32 Å². The summed E-state index contributed by atoms with van der Waals surface area (Å²) in [7, 11) is 0. The summed E-state index contributed by atoms with van der Waals surface area (Å²) in [6, 6.07) is 0.302. The Kier molecular flexibility index (Phi) is 10.1. The zero-order chi connectivity index (χ0) is 10.8. The van der Waals surface area contributed by atoms with Crippen molar-refractivity contribution in [3.63, 3.8) is 0 Å². The predicted octanol–water partition coefficient (Wildman–Crippen LogP) is 2.81. The maximum Gasteiger partial charge on any atom is 0.220 e. The van der Waals surface area contributed by atoms with Crippen molar-refractivity contribution in [2.45, 2.75) is 39.2 Å². The molecule has 0 rings (SSSR count). The van der Waals surface area contributed by atoms with Crippen molar-refractivity contribution >= 4 is 33.6 Å². The molecule has 0 aromatic carbocycles. The molecule has 84 valence electrons. The van der Waals surface area contributed by atoms with Gasteiger partial charge in [0.05, 0.1) is 0 Å². The zero-order valence-corrected chi connectivity index (χ0v) is 11.4. The molecule has 1 unspecified atom stereocenters. The van der Waals surface area contributed by atoms with Gasteiger partial charge in [-0.3, -0.25) is 4.79 Å². The summed E-state index contributed by atoms with van der Waals surface area (Å²) in [5, 5.41) is 3.99. The lowest BCUT2D eigenvalue weighted by molar-refractivity contribution is -0.121. The number of unbranched alkanes of at least 4 members (excludes halogenated alkanes) is 1. The molecule has 14 heavy (non-hydrogen) atoms. The molecule has 0 aromatic heterocycles. The fourth-order valence-corrected chi connectivity index (χ4v) is 2.13. The second kappa shape index (κ2) is 9.84. The number of hydrogen-bond donors (Lipinski definition) is 1. The van der Waals surface area contributed by atoms with Crippen molar-refractivity contribution in [3.8, 4) is 0 Å². The number of nitrogens with one attached hydrogen (secondary N) is 1. The van der Waals surface area contributed by atoms with E-state index in [2.05, 4.69) is 35.1 Å². The third-order valence-electron chi connectivity index (χ3n) is 1.77. The fourth-order valence-electron chi connectivity index (χ4n) is 1.06. The first kappa shape index (κ1) is 14.3. The van der Waals surface area contributed by atoms with Gasteiger partial charge in [-0.15, -0.1) is 0 Å². The lowest BCUT2D eigenvalue weighted by atomic mass is 10.2. The van der Waals surface area contributed by atoms with Gasteiger partial charge in [-0.25, -0.2) is 0 Å². The normalized spacial score (nSPS) is 12.5. The number of hydrogen-bond acceptors (Lipinski definition) is 2. The van der Waals surface area contributed by atoms with Gasteiger partial charge in [0, 0.05) is 23.5 Å². The van der Waals surface area contributed by atoms with E-state index in [0.717, 1.165) is 29.7 Å². The van der Waals surface area contributed by atoms with Crippen molar-refractivity contribution in [2.24, 2.45) is 0 Å². The van der Waals surface area contributed by atoms with E-state index >= 15 is 0 Å². The molecule has 1 amide bonds. The Morgan fingerprint density at radius 2 is 2.21 bits per heavy atom. The van der Waals surface area contributed by atoms with Crippen LogP contribution in [0.3, 0.4) is 0 Å². The van der Waals surface area contributed by atoms with Gasteiger partial charge in [-0.2, -0.15) is 11.8 Å². The number of thioether (sulfide) groups is 1. The van der Waals surface area contributed by atoms with Crippen LogP contribution in [-0.4, -0.2) is 28.8 Å². The Bertz CT molecular complexity index is 155. The highest BCUT2D eigenvalue weighted by Crippen LogP contribution is 2.03. The van der Waals surface area contributed by atoms with Crippen LogP contribution >= 0.6 is 27.7 Å². The van der Waals surface area contributed by atoms with Gasteiger partial charge in [0.15, 0.2) is 0 Å². The van der Waals surface area contributed by atoms with Crippen LogP contribution in [0.5, 0.6) is 0 Å². The average molecular weight is 282 g/mol. The summed E-state index contributed by atoms with van der Waals surface area (Å²) in [5.41, 5.74) is 0. The molecule has 0 aliphatic heterocycles. The molecule has 1 atom stereocenters. The van der Waals surface area contributed by atoms with Crippen LogP contribution in [0, 0.1) is 0 Å². The predicted molar refractivity (Wildman–Crippen MR) is 68.2 cm³/mol. The molecule has 0 radical (unpaired) electrons. The third kappa shape index (κ3) is 8.88. The minimum Gasteiger partial charge on any atom is -0.353 e. The molecule has 0 saturated heterocycles. The van der Waals surface area contributed by atoms with Gasteiger partial charge < -0.3 is 5.32 Å². The maximum atomic E-state index is 11.4. The van der Waals surface area contributed by atoms with Crippen molar-refractivity contribution in [1.29, 1.82) is 0 Å². The highest BCUT2D eigenvalue weighted by Gasteiger charge is 2.05. The Labute approximate surface area is 99.7 Å². The number of halogens is 1. The fraction of sp³-hybridized carbons (Fsp3) is 0.900. The number of carbonyl (C=O) groups is 1. The number of rotatable bonds is 8. The monoisotopic (exact) mass is 281 g/mol. The summed E-state index contributed by atoms with van der Waals surface area (Å²) < 4.78 is 0. The molecular weight excluding hydrogens is 262 g/mol. The number of carbonyl (C=O) groups excluding carboxylic acids is 1. The lowest BCUT2D eigenvalue weighted by Crippen LogP contribution is -2.34. The zero-order valence-electron chi connectivity index (χ0n) is 9.01. The Hall–Kier alpha value is 0.300. The van der Waals surface area contributed by atoms with E-state index in [1.807, 2.05) is 11.8 Å². The molecule has 0 saturated carbocycles. The first-order valence-electron chi connectivity index (χ1n) is 5.13. The SMILES string of the molecule is CCSCC(C)NC(=O)CCCCBr. The molecule has 0 bridgehead atoms. The largest absolute Gasteiger partial charge is 0.353 e. The smallest absolute Gasteiger partial charge is 0.220 e. The topological polar surface area (TPSA) is 29.1 Å². The van der Waals surface area contributed by atoms with E-state index in [-0.39, 0.29) is 5.91 Å². The van der Waals surface area contributed by atoms with Crippen molar-refractivity contribution < 1.29 is 4.79 Å². The van der Waals surface area contributed by atoms with Crippen LogP contribution in [0.4, 0.5) is 0 Å². The summed E-state index contributed by atoms with van der Waals surface area (Å²) in [6.45, 7) is 4.19. The van der Waals surface area contributed by atoms with Crippen molar-refractivity contribution in [2.75, 3.05) is 16.8 Å². The Balaban J connectivity index is 3.40. The first-order valence-corrected chi connectivity index (χ1v) is 7.41. The van der Waals surface area contributed by atoms with E-state index in [1.165, 1.54) is 0 Å². The highest BCUT2D eigenvalue weighted by atomic mass is 79.9. The van der Waals surface area contributed by atoms with E-state index < -0.39 is 0 Å². The average Bonchev–Trinajstić information content (AvgIpc) is 2.15. The summed E-state index contributed by atoms with van der Waals surface area (Å²) in [5.74, 6) is 2.32. The van der Waals surface area contributed by atoms with Gasteiger partial charge in [0.1, 0.15) is 0 Å². The highest BCUT2D eigenvalue weighted by molar-refractivity contribution is 9.09. The molecule has 0 aliphatic carbocycles. The standard InChI is InChI=1S/C10H20BrNOS/c1-3-14-8-9(2)12-10(13)6-4-5-7-11/h9H,3-8H2,1-2H3,(H,12,13). The molecule has 2 nitrogen and oxygen atoms in total. The van der Waals surface area contributed by atoms with Crippen LogP contribution in [0.2, 0.25) is 0 Å². The number of amides is 1. The van der Waals surface area contributed by atoms with E-state index in [0.29, 0.717) is 12.5 Å². The van der Waals surface area contributed by atoms with E-state index in [9.17, 15) is 4.79 Å². The molecule has 4 heteroatoms.